The van der Waals surface area contributed by atoms with E-state index in [1.165, 1.54) is 9.60 Å². The lowest BCUT2D eigenvalue weighted by molar-refractivity contribution is -0.132. The van der Waals surface area contributed by atoms with E-state index in [0.717, 1.165) is 37.1 Å². The second kappa shape index (κ2) is 7.79. The Bertz CT molecular complexity index is 857. The number of alkyl halides is 1. The minimum Gasteiger partial charge on any atom is -0.381 e. The number of aromatic nitrogens is 1. The number of hydrogen-bond donors (Lipinski definition) is 1. The summed E-state index contributed by atoms with van der Waals surface area (Å²) in [5.41, 5.74) is 3.99. The molecule has 0 saturated carbocycles. The van der Waals surface area contributed by atoms with Gasteiger partial charge in [0.1, 0.15) is 12.2 Å². The number of likely N-dealkylation sites (tertiary alicyclic amines) is 2. The van der Waals surface area contributed by atoms with Gasteiger partial charge in [0, 0.05) is 25.6 Å². The highest BCUT2D eigenvalue weighted by atomic mass is 32.1. The fourth-order valence-corrected chi connectivity index (χ4v) is 4.69. The van der Waals surface area contributed by atoms with E-state index in [-0.39, 0.29) is 25.4 Å². The first kappa shape index (κ1) is 18.1. The molecule has 0 bridgehead atoms. The highest BCUT2D eigenvalue weighted by Gasteiger charge is 2.36. The lowest BCUT2D eigenvalue weighted by Crippen LogP contribution is -2.46. The highest BCUT2D eigenvalue weighted by Crippen LogP contribution is 2.28. The first-order valence-corrected chi connectivity index (χ1v) is 10.2. The molecule has 6 nitrogen and oxygen atoms in total. The van der Waals surface area contributed by atoms with Gasteiger partial charge in [-0.15, -0.1) is 11.3 Å². The van der Waals surface area contributed by atoms with Crippen LogP contribution in [0.3, 0.4) is 0 Å². The second-order valence-corrected chi connectivity index (χ2v) is 8.08. The maximum absolute atomic E-state index is 13.5. The van der Waals surface area contributed by atoms with Gasteiger partial charge in [-0.3, -0.25) is 9.69 Å². The maximum atomic E-state index is 13.5. The van der Waals surface area contributed by atoms with E-state index in [1.54, 1.807) is 11.3 Å². The van der Waals surface area contributed by atoms with E-state index in [1.807, 2.05) is 23.7 Å². The van der Waals surface area contributed by atoms with E-state index >= 15 is 0 Å². The quantitative estimate of drug-likeness (QED) is 0.873. The number of nitrogens with one attached hydrogen (secondary N) is 1. The molecule has 0 aliphatic carbocycles. The number of anilines is 1. The summed E-state index contributed by atoms with van der Waals surface area (Å²) in [5, 5.41) is 12.7. The van der Waals surface area contributed by atoms with Crippen molar-refractivity contribution in [2.24, 2.45) is 0 Å². The summed E-state index contributed by atoms with van der Waals surface area (Å²) in [4.78, 5) is 20.3. The number of hydrogen-bond acceptors (Lipinski definition) is 6. The summed E-state index contributed by atoms with van der Waals surface area (Å²) < 4.78 is 14.7. The molecule has 2 atom stereocenters. The number of nitrogens with zero attached hydrogens (tertiary/aromatic N) is 4. The highest BCUT2D eigenvalue weighted by molar-refractivity contribution is 7.17. The Morgan fingerprint density at radius 1 is 1.41 bits per heavy atom. The van der Waals surface area contributed by atoms with Gasteiger partial charge in [-0.05, 0) is 25.0 Å². The van der Waals surface area contributed by atoms with Crippen molar-refractivity contribution in [2.45, 2.75) is 37.5 Å². The molecule has 27 heavy (non-hydrogen) atoms. The molecule has 2 saturated heterocycles. The van der Waals surface area contributed by atoms with Gasteiger partial charge in [0.15, 0.2) is 0 Å². The van der Waals surface area contributed by atoms with E-state index in [2.05, 4.69) is 21.3 Å². The summed E-state index contributed by atoms with van der Waals surface area (Å²) in [5.74, 6) is -0.137. The summed E-state index contributed by atoms with van der Waals surface area (Å²) >= 11 is 1.64. The molecule has 1 N–H and O–H groups in total. The van der Waals surface area contributed by atoms with E-state index in [4.69, 9.17) is 5.26 Å². The maximum Gasteiger partial charge on any atom is 0.237 e. The van der Waals surface area contributed by atoms with Crippen molar-refractivity contribution in [1.82, 2.24) is 14.8 Å². The SMILES string of the molecule is N#C[C@@H]1C[C@H](F)CN1C(=O)CN1CCC(Nc2cccc3ncsc23)CC1. The zero-order valence-electron chi connectivity index (χ0n) is 15.0. The number of piperidine rings is 1. The molecule has 2 fully saturated rings. The second-order valence-electron chi connectivity index (χ2n) is 7.22. The molecule has 0 radical (unpaired) electrons. The van der Waals surface area contributed by atoms with Gasteiger partial charge in [0.05, 0.1) is 40.6 Å². The summed E-state index contributed by atoms with van der Waals surface area (Å²) in [7, 11) is 0. The molecule has 1 aromatic carbocycles. The number of fused-ring (bicyclic) bond motifs is 1. The molecule has 1 amide bonds. The van der Waals surface area contributed by atoms with Crippen LogP contribution in [0.4, 0.5) is 10.1 Å². The summed E-state index contributed by atoms with van der Waals surface area (Å²) in [6, 6.07) is 7.89. The number of thiazole rings is 1. The third-order valence-electron chi connectivity index (χ3n) is 5.38. The number of rotatable bonds is 4. The van der Waals surface area contributed by atoms with E-state index < -0.39 is 12.2 Å². The molecule has 2 aliphatic heterocycles. The largest absolute Gasteiger partial charge is 0.381 e. The Morgan fingerprint density at radius 3 is 3.00 bits per heavy atom. The number of amides is 1. The average molecular weight is 387 g/mol. The van der Waals surface area contributed by atoms with Crippen LogP contribution in [0.15, 0.2) is 23.7 Å². The Hall–Kier alpha value is -2.24. The smallest absolute Gasteiger partial charge is 0.237 e. The average Bonchev–Trinajstić information content (AvgIpc) is 3.30. The molecular formula is C19H22FN5OS. The monoisotopic (exact) mass is 387 g/mol. The van der Waals surface area contributed by atoms with Crippen LogP contribution >= 0.6 is 11.3 Å². The van der Waals surface area contributed by atoms with Crippen molar-refractivity contribution in [3.05, 3.63) is 23.7 Å². The van der Waals surface area contributed by atoms with Crippen molar-refractivity contribution in [1.29, 1.82) is 5.26 Å². The van der Waals surface area contributed by atoms with Crippen LogP contribution in [0.5, 0.6) is 0 Å². The Kier molecular flexibility index (Phi) is 5.23. The van der Waals surface area contributed by atoms with Gasteiger partial charge in [-0.2, -0.15) is 5.26 Å². The van der Waals surface area contributed by atoms with Crippen LogP contribution < -0.4 is 5.32 Å². The topological polar surface area (TPSA) is 72.3 Å². The molecule has 4 rings (SSSR count). The number of nitriles is 1. The summed E-state index contributed by atoms with van der Waals surface area (Å²) in [6.07, 6.45) is 0.936. The fraction of sp³-hybridized carbons (Fsp3) is 0.526. The minimum atomic E-state index is -1.08. The number of carbonyl (C=O) groups is 1. The Labute approximate surface area is 161 Å². The normalized spacial score (nSPS) is 24.2. The number of carbonyl (C=O) groups excluding carboxylic acids is 1. The molecule has 8 heteroatoms. The first-order valence-electron chi connectivity index (χ1n) is 9.28. The molecule has 142 valence electrons. The van der Waals surface area contributed by atoms with Gasteiger partial charge < -0.3 is 10.2 Å². The molecule has 3 heterocycles. The standard InChI is InChI=1S/C19H22FN5OS/c20-13-8-15(9-21)25(10-13)18(26)11-24-6-4-14(5-7-24)23-17-3-1-2-16-19(17)27-12-22-16/h1-3,12-15,23H,4-8,10-11H2/t13-,15-/m0/s1. The van der Waals surface area contributed by atoms with Crippen LogP contribution in [0.2, 0.25) is 0 Å². The van der Waals surface area contributed by atoms with Crippen LogP contribution in [0.1, 0.15) is 19.3 Å². The van der Waals surface area contributed by atoms with Crippen LogP contribution in [-0.4, -0.2) is 65.1 Å². The molecule has 2 aromatic rings. The third-order valence-corrected chi connectivity index (χ3v) is 6.26. The Balaban J connectivity index is 1.30. The lowest BCUT2D eigenvalue weighted by Gasteiger charge is -2.33. The van der Waals surface area contributed by atoms with E-state index in [0.29, 0.717) is 6.04 Å². The van der Waals surface area contributed by atoms with Crippen LogP contribution in [0, 0.1) is 11.3 Å². The zero-order valence-corrected chi connectivity index (χ0v) is 15.8. The zero-order chi connectivity index (χ0) is 18.8. The van der Waals surface area contributed by atoms with Gasteiger partial charge in [0.25, 0.3) is 0 Å². The number of benzene rings is 1. The van der Waals surface area contributed by atoms with Gasteiger partial charge in [-0.25, -0.2) is 9.37 Å². The van der Waals surface area contributed by atoms with Gasteiger partial charge in [0.2, 0.25) is 5.91 Å². The van der Waals surface area contributed by atoms with Gasteiger partial charge in [-0.1, -0.05) is 6.07 Å². The molecule has 0 spiro atoms. The van der Waals surface area contributed by atoms with Crippen molar-refractivity contribution < 1.29 is 9.18 Å². The van der Waals surface area contributed by atoms with Crippen molar-refractivity contribution >= 4 is 33.1 Å². The van der Waals surface area contributed by atoms with Crippen LogP contribution in [-0.2, 0) is 4.79 Å². The predicted molar refractivity (Wildman–Crippen MR) is 103 cm³/mol. The molecule has 1 aromatic heterocycles. The van der Waals surface area contributed by atoms with Crippen molar-refractivity contribution in [3.8, 4) is 6.07 Å². The predicted octanol–water partition coefficient (Wildman–Crippen LogP) is 2.64. The van der Waals surface area contributed by atoms with Crippen LogP contribution in [0.25, 0.3) is 10.2 Å². The van der Waals surface area contributed by atoms with Crippen molar-refractivity contribution in [2.75, 3.05) is 31.5 Å². The van der Waals surface area contributed by atoms with E-state index in [9.17, 15) is 9.18 Å². The Morgan fingerprint density at radius 2 is 2.22 bits per heavy atom. The third kappa shape index (κ3) is 3.89. The molecule has 0 unspecified atom stereocenters. The lowest BCUT2D eigenvalue weighted by atomic mass is 10.0. The fourth-order valence-electron chi connectivity index (χ4n) is 3.92. The van der Waals surface area contributed by atoms with Crippen molar-refractivity contribution in [3.63, 3.8) is 0 Å². The molecular weight excluding hydrogens is 365 g/mol. The number of halogens is 1. The van der Waals surface area contributed by atoms with Gasteiger partial charge >= 0.3 is 0 Å². The minimum absolute atomic E-state index is 0.0495. The summed E-state index contributed by atoms with van der Waals surface area (Å²) in [6.45, 7) is 1.94. The first-order chi connectivity index (χ1) is 13.1. The molecule has 2 aliphatic rings.